The Morgan fingerprint density at radius 3 is 1.43 bits per heavy atom. The highest BCUT2D eigenvalue weighted by molar-refractivity contribution is 7.90. The zero-order valence-electron chi connectivity index (χ0n) is 47.7. The molecular weight excluding hydrogens is 1030 g/mol. The second kappa shape index (κ2) is 24.7. The standard InChI is InChI=1S/C64H77N7O6S2/c1-41(2)55-30-50(31-56(42(3)4)59(55)35-63(72)67-78(74,75)53-21-12-45(13-22-53)37-69(9)10)48-16-19-52(20-17-48)71-29-26-47(40-71)39-70(11)38-46-14-23-54(24-15-46)79(76,77)68-64(73)36-60-57(43(5)6)32-51(33-58(60)44(7)8)49-18-25-61-62(34-49)66-28-27-65-61/h12-25,27-28,30-34,41-44,47H,26,29,35-40H2,1-11H3,(H,67,72)(H,68,73). The van der Waals surface area contributed by atoms with Gasteiger partial charge in [-0.1, -0.05) is 122 Å². The van der Waals surface area contributed by atoms with E-state index in [0.29, 0.717) is 19.0 Å². The van der Waals surface area contributed by atoms with Crippen molar-refractivity contribution in [2.24, 2.45) is 5.92 Å². The van der Waals surface area contributed by atoms with Crippen LogP contribution in [0.5, 0.6) is 0 Å². The molecule has 2 N–H and O–H groups in total. The summed E-state index contributed by atoms with van der Waals surface area (Å²) in [4.78, 5) is 42.9. The van der Waals surface area contributed by atoms with E-state index in [2.05, 4.69) is 140 Å². The van der Waals surface area contributed by atoms with Crippen molar-refractivity contribution >= 4 is 48.6 Å². The van der Waals surface area contributed by atoms with E-state index >= 15 is 0 Å². The van der Waals surface area contributed by atoms with Crippen LogP contribution in [0, 0.1) is 5.92 Å². The number of hydrogen-bond donors (Lipinski definition) is 2. The molecule has 0 aliphatic carbocycles. The lowest BCUT2D eigenvalue weighted by molar-refractivity contribution is -0.119. The average Bonchev–Trinajstić information content (AvgIpc) is 3.90. The van der Waals surface area contributed by atoms with E-state index in [1.165, 1.54) is 0 Å². The first-order chi connectivity index (χ1) is 37.4. The molecule has 2 amide bonds. The molecule has 1 unspecified atom stereocenters. The number of anilines is 1. The van der Waals surface area contributed by atoms with Gasteiger partial charge in [-0.2, -0.15) is 0 Å². The Bertz CT molecular complexity index is 3490. The molecule has 1 aromatic heterocycles. The molecule has 416 valence electrons. The fourth-order valence-electron chi connectivity index (χ4n) is 11.0. The second-order valence-corrected chi connectivity index (χ2v) is 26.3. The topological polar surface area (TPSA) is 162 Å². The van der Waals surface area contributed by atoms with Gasteiger partial charge in [0.2, 0.25) is 11.8 Å². The number of hydrogen-bond acceptors (Lipinski definition) is 11. The van der Waals surface area contributed by atoms with Crippen molar-refractivity contribution in [2.75, 3.05) is 45.7 Å². The molecular formula is C64H77N7O6S2. The van der Waals surface area contributed by atoms with Gasteiger partial charge in [0.1, 0.15) is 0 Å². The summed E-state index contributed by atoms with van der Waals surface area (Å²) in [6.07, 6.45) is 4.28. The lowest BCUT2D eigenvalue weighted by Gasteiger charge is -2.23. The maximum absolute atomic E-state index is 13.7. The monoisotopic (exact) mass is 1100 g/mol. The summed E-state index contributed by atoms with van der Waals surface area (Å²) in [5.41, 5.74) is 14.6. The summed E-state index contributed by atoms with van der Waals surface area (Å²) >= 11 is 0. The molecule has 15 heteroatoms. The van der Waals surface area contributed by atoms with Crippen molar-refractivity contribution in [1.29, 1.82) is 0 Å². The van der Waals surface area contributed by atoms with Crippen LogP contribution in [0.2, 0.25) is 0 Å². The van der Waals surface area contributed by atoms with Crippen molar-refractivity contribution in [1.82, 2.24) is 29.2 Å². The minimum Gasteiger partial charge on any atom is -0.371 e. The van der Waals surface area contributed by atoms with Crippen LogP contribution in [-0.4, -0.2) is 89.2 Å². The summed E-state index contributed by atoms with van der Waals surface area (Å²) < 4.78 is 58.6. The molecule has 0 bridgehead atoms. The maximum Gasteiger partial charge on any atom is 0.264 e. The summed E-state index contributed by atoms with van der Waals surface area (Å²) in [6.45, 7) is 20.8. The van der Waals surface area contributed by atoms with Gasteiger partial charge >= 0.3 is 0 Å². The van der Waals surface area contributed by atoms with Gasteiger partial charge in [0, 0.05) is 50.8 Å². The van der Waals surface area contributed by atoms with Crippen LogP contribution in [0.3, 0.4) is 0 Å². The molecule has 0 radical (unpaired) electrons. The third-order valence-electron chi connectivity index (χ3n) is 14.9. The van der Waals surface area contributed by atoms with Gasteiger partial charge in [-0.3, -0.25) is 19.6 Å². The molecule has 1 aliphatic rings. The zero-order valence-corrected chi connectivity index (χ0v) is 49.3. The highest BCUT2D eigenvalue weighted by Crippen LogP contribution is 2.37. The summed E-state index contributed by atoms with van der Waals surface area (Å²) in [5.74, 6) is -0.354. The smallest absolute Gasteiger partial charge is 0.264 e. The SMILES string of the molecule is CC(C)c1cc(-c2ccc(N3CCC(CN(C)Cc4ccc(S(=O)(=O)NC(=O)Cc5c(C(C)C)cc(-c6ccc7nccnc7c6)cc5C(C)C)cc4)C3)cc2)cc(C(C)C)c1CC(=O)NS(=O)(=O)c1ccc(CN(C)C)cc1. The first-order valence-corrected chi connectivity index (χ1v) is 30.4. The van der Waals surface area contributed by atoms with Gasteiger partial charge in [0.15, 0.2) is 0 Å². The van der Waals surface area contributed by atoms with E-state index in [1.807, 2.05) is 49.3 Å². The van der Waals surface area contributed by atoms with Crippen molar-refractivity contribution in [3.63, 3.8) is 0 Å². The predicted octanol–water partition coefficient (Wildman–Crippen LogP) is 11.6. The van der Waals surface area contributed by atoms with Gasteiger partial charge in [-0.15, -0.1) is 0 Å². The second-order valence-electron chi connectivity index (χ2n) is 22.9. The maximum atomic E-state index is 13.7. The van der Waals surface area contributed by atoms with Crippen molar-refractivity contribution in [3.8, 4) is 22.3 Å². The van der Waals surface area contributed by atoms with E-state index in [9.17, 15) is 26.4 Å². The molecule has 1 saturated heterocycles. The van der Waals surface area contributed by atoms with E-state index < -0.39 is 31.9 Å². The molecule has 79 heavy (non-hydrogen) atoms. The molecule has 13 nitrogen and oxygen atoms in total. The average molecular weight is 1100 g/mol. The molecule has 1 atom stereocenters. The van der Waals surface area contributed by atoms with Crippen molar-refractivity contribution in [2.45, 2.75) is 121 Å². The number of nitrogens with one attached hydrogen (secondary N) is 2. The van der Waals surface area contributed by atoms with Crippen molar-refractivity contribution < 1.29 is 26.4 Å². The third-order valence-corrected chi connectivity index (χ3v) is 17.7. The lowest BCUT2D eigenvalue weighted by atomic mass is 9.84. The Balaban J connectivity index is 0.859. The number of nitrogens with zero attached hydrogens (tertiary/aromatic N) is 5. The van der Waals surface area contributed by atoms with Gasteiger partial charge in [-0.25, -0.2) is 26.3 Å². The quantitative estimate of drug-likeness (QED) is 0.0704. The summed E-state index contributed by atoms with van der Waals surface area (Å²) in [7, 11) is -2.19. The number of fused-ring (bicyclic) bond motifs is 1. The molecule has 8 rings (SSSR count). The van der Waals surface area contributed by atoms with Gasteiger partial charge in [-0.05, 0) is 172 Å². The van der Waals surface area contributed by atoms with E-state index in [-0.39, 0.29) is 46.3 Å². The van der Waals surface area contributed by atoms with Gasteiger partial charge in [0.05, 0.1) is 33.7 Å². The summed E-state index contributed by atoms with van der Waals surface area (Å²) in [6, 6.07) is 36.6. The molecule has 2 heterocycles. The molecule has 1 fully saturated rings. The number of aromatic nitrogens is 2. The highest BCUT2D eigenvalue weighted by Gasteiger charge is 2.27. The Morgan fingerprint density at radius 2 is 0.975 bits per heavy atom. The highest BCUT2D eigenvalue weighted by atomic mass is 32.2. The number of carbonyl (C=O) groups excluding carboxylic acids is 2. The van der Waals surface area contributed by atoms with Crippen LogP contribution in [0.1, 0.15) is 130 Å². The number of rotatable bonds is 21. The Hall–Kier alpha value is -6.78. The predicted molar refractivity (Wildman–Crippen MR) is 318 cm³/mol. The van der Waals surface area contributed by atoms with Crippen LogP contribution in [-0.2, 0) is 55.6 Å². The Labute approximate surface area is 469 Å². The van der Waals surface area contributed by atoms with Crippen LogP contribution < -0.4 is 14.3 Å². The first kappa shape index (κ1) is 58.4. The van der Waals surface area contributed by atoms with Gasteiger partial charge in [0.25, 0.3) is 20.0 Å². The van der Waals surface area contributed by atoms with Crippen LogP contribution >= 0.6 is 0 Å². The number of amides is 2. The molecule has 0 saturated carbocycles. The first-order valence-electron chi connectivity index (χ1n) is 27.5. The lowest BCUT2D eigenvalue weighted by Crippen LogP contribution is -2.32. The third kappa shape index (κ3) is 14.3. The van der Waals surface area contributed by atoms with Gasteiger partial charge < -0.3 is 14.7 Å². The zero-order chi connectivity index (χ0) is 56.9. The molecule has 6 aromatic carbocycles. The van der Waals surface area contributed by atoms with E-state index in [4.69, 9.17) is 0 Å². The van der Waals surface area contributed by atoms with E-state index in [1.54, 1.807) is 48.8 Å². The fraction of sp³-hybridized carbons (Fsp3) is 0.375. The Kier molecular flexibility index (Phi) is 18.3. The number of sulfonamides is 2. The largest absolute Gasteiger partial charge is 0.371 e. The normalized spacial score (nSPS) is 14.2. The molecule has 1 aliphatic heterocycles. The minimum absolute atomic E-state index is 0.0403. The van der Waals surface area contributed by atoms with Crippen LogP contribution in [0.25, 0.3) is 33.3 Å². The summed E-state index contributed by atoms with van der Waals surface area (Å²) in [5, 5.41) is 0. The Morgan fingerprint density at radius 1 is 0.544 bits per heavy atom. The van der Waals surface area contributed by atoms with Crippen LogP contribution in [0.4, 0.5) is 5.69 Å². The van der Waals surface area contributed by atoms with E-state index in [0.717, 1.165) is 110 Å². The van der Waals surface area contributed by atoms with Crippen molar-refractivity contribution in [3.05, 3.63) is 172 Å². The minimum atomic E-state index is -4.13. The number of carbonyl (C=O) groups is 2. The molecule has 0 spiro atoms. The fourth-order valence-corrected chi connectivity index (χ4v) is 13.0. The van der Waals surface area contributed by atoms with Crippen LogP contribution in [0.15, 0.2) is 137 Å². The molecule has 7 aromatic rings. The number of benzene rings is 6.